The molecule has 2 heterocycles. The van der Waals surface area contributed by atoms with Crippen LogP contribution in [0.25, 0.3) is 0 Å². The molecule has 22 heavy (non-hydrogen) atoms. The molecule has 0 radical (unpaired) electrons. The zero-order chi connectivity index (χ0) is 14.3. The number of benzene rings is 2. The van der Waals surface area contributed by atoms with E-state index in [4.69, 9.17) is 0 Å². The second-order valence-corrected chi connectivity index (χ2v) is 6.20. The molecule has 0 aliphatic carbocycles. The predicted molar refractivity (Wildman–Crippen MR) is 86.9 cm³/mol. The average Bonchev–Trinajstić information content (AvgIpc) is 2.87. The molecule has 0 atom stereocenters. The summed E-state index contributed by atoms with van der Waals surface area (Å²) in [6.45, 7) is 5.67. The molecule has 2 aromatic carbocycles. The third kappa shape index (κ3) is 2.44. The van der Waals surface area contributed by atoms with Crippen molar-refractivity contribution in [3.8, 4) is 5.75 Å². The lowest BCUT2D eigenvalue weighted by Crippen LogP contribution is -3.00. The highest BCUT2D eigenvalue weighted by atomic mass is 35.5. The van der Waals surface area contributed by atoms with E-state index in [9.17, 15) is 5.11 Å². The number of nitrogens with zero attached hydrogens (tertiary/aromatic N) is 2. The van der Waals surface area contributed by atoms with Crippen molar-refractivity contribution in [3.05, 3.63) is 54.1 Å². The van der Waals surface area contributed by atoms with Gasteiger partial charge >= 0.3 is 0 Å². The van der Waals surface area contributed by atoms with Gasteiger partial charge in [0.15, 0.2) is 0 Å². The lowest BCUT2D eigenvalue weighted by atomic mass is 10.1. The van der Waals surface area contributed by atoms with Gasteiger partial charge in [-0.05, 0) is 18.2 Å². The van der Waals surface area contributed by atoms with E-state index in [0.29, 0.717) is 5.75 Å². The molecule has 1 N–H and O–H groups in total. The van der Waals surface area contributed by atoms with Crippen LogP contribution in [0.3, 0.4) is 0 Å². The van der Waals surface area contributed by atoms with Crippen LogP contribution in [0.4, 0.5) is 11.4 Å². The molecular weight excluding hydrogens is 296 g/mol. The van der Waals surface area contributed by atoms with Crippen LogP contribution in [0.5, 0.6) is 5.75 Å². The van der Waals surface area contributed by atoms with Crippen molar-refractivity contribution in [2.45, 2.75) is 6.42 Å². The van der Waals surface area contributed by atoms with E-state index in [0.717, 1.165) is 36.3 Å². The number of para-hydroxylation sites is 1. The Morgan fingerprint density at radius 1 is 0.909 bits per heavy atom. The summed E-state index contributed by atoms with van der Waals surface area (Å²) in [4.78, 5) is 2.39. The number of hydrogen-bond acceptors (Lipinski definition) is 2. The number of halogens is 1. The fourth-order valence-electron chi connectivity index (χ4n) is 3.90. The number of aromatic hydroxyl groups is 1. The SMILES string of the molecule is Oc1cccc(N2CC[N+]3(CCc4ccccc43)CC2)c1.[Cl-]. The first-order valence-electron chi connectivity index (χ1n) is 7.75. The Labute approximate surface area is 137 Å². The van der Waals surface area contributed by atoms with Gasteiger partial charge in [-0.1, -0.05) is 24.3 Å². The molecule has 0 saturated carbocycles. The molecule has 2 aromatic rings. The van der Waals surface area contributed by atoms with E-state index in [1.807, 2.05) is 12.1 Å². The fraction of sp³-hybridized carbons (Fsp3) is 0.333. The van der Waals surface area contributed by atoms with Crippen molar-refractivity contribution in [1.82, 2.24) is 4.48 Å². The van der Waals surface area contributed by atoms with Crippen molar-refractivity contribution < 1.29 is 17.5 Å². The summed E-state index contributed by atoms with van der Waals surface area (Å²) in [5.74, 6) is 0.355. The van der Waals surface area contributed by atoms with Crippen LogP contribution < -0.4 is 21.8 Å². The molecule has 2 aliphatic rings. The van der Waals surface area contributed by atoms with Crippen LogP contribution in [0.15, 0.2) is 48.5 Å². The summed E-state index contributed by atoms with van der Waals surface area (Å²) < 4.78 is 1.14. The molecule has 0 bridgehead atoms. The molecule has 1 spiro atoms. The van der Waals surface area contributed by atoms with Gasteiger partial charge in [0.1, 0.15) is 24.5 Å². The summed E-state index contributed by atoms with van der Waals surface area (Å²) in [5, 5.41) is 9.65. The topological polar surface area (TPSA) is 23.5 Å². The number of piperazine rings is 1. The van der Waals surface area contributed by atoms with Crippen LogP contribution in [0, 0.1) is 0 Å². The average molecular weight is 317 g/mol. The Kier molecular flexibility index (Phi) is 4.02. The minimum absolute atomic E-state index is 0. The largest absolute Gasteiger partial charge is 1.00 e. The zero-order valence-electron chi connectivity index (χ0n) is 12.6. The maximum Gasteiger partial charge on any atom is 0.136 e. The van der Waals surface area contributed by atoms with Gasteiger partial charge in [-0.15, -0.1) is 0 Å². The Bertz CT molecular complexity index is 666. The van der Waals surface area contributed by atoms with Crippen molar-refractivity contribution in [2.24, 2.45) is 0 Å². The molecular formula is C18H21ClN2O. The number of phenolic OH excluding ortho intramolecular Hbond substituents is 1. The number of rotatable bonds is 1. The first-order chi connectivity index (χ1) is 10.3. The molecule has 4 rings (SSSR count). The minimum atomic E-state index is 0. The Morgan fingerprint density at radius 2 is 1.68 bits per heavy atom. The zero-order valence-corrected chi connectivity index (χ0v) is 13.3. The summed E-state index contributed by atoms with van der Waals surface area (Å²) in [6, 6.07) is 16.5. The van der Waals surface area contributed by atoms with Crippen molar-refractivity contribution in [1.29, 1.82) is 0 Å². The second kappa shape index (κ2) is 5.82. The molecule has 2 aliphatic heterocycles. The van der Waals surface area contributed by atoms with Crippen LogP contribution in [-0.2, 0) is 6.42 Å². The number of anilines is 1. The van der Waals surface area contributed by atoms with Crippen LogP contribution in [-0.4, -0.2) is 37.8 Å². The maximum atomic E-state index is 9.65. The third-order valence-electron chi connectivity index (χ3n) is 5.10. The van der Waals surface area contributed by atoms with Crippen LogP contribution in [0.1, 0.15) is 5.56 Å². The highest BCUT2D eigenvalue weighted by Gasteiger charge is 2.40. The predicted octanol–water partition coefficient (Wildman–Crippen LogP) is -0.220. The third-order valence-corrected chi connectivity index (χ3v) is 5.10. The van der Waals surface area contributed by atoms with Gasteiger partial charge in [-0.25, -0.2) is 0 Å². The number of hydrogen-bond donors (Lipinski definition) is 1. The van der Waals surface area contributed by atoms with E-state index < -0.39 is 0 Å². The van der Waals surface area contributed by atoms with Gasteiger partial charge < -0.3 is 22.4 Å². The first-order valence-corrected chi connectivity index (χ1v) is 7.75. The van der Waals surface area contributed by atoms with Gasteiger partial charge in [-0.3, -0.25) is 4.48 Å². The Balaban J connectivity index is 0.00000144. The molecule has 3 nitrogen and oxygen atoms in total. The smallest absolute Gasteiger partial charge is 0.136 e. The molecule has 0 unspecified atom stereocenters. The van der Waals surface area contributed by atoms with Crippen LogP contribution in [0.2, 0.25) is 0 Å². The van der Waals surface area contributed by atoms with Crippen LogP contribution >= 0.6 is 0 Å². The first kappa shape index (κ1) is 15.2. The van der Waals surface area contributed by atoms with Gasteiger partial charge in [0, 0.05) is 23.7 Å². The van der Waals surface area contributed by atoms with Gasteiger partial charge in [-0.2, -0.15) is 0 Å². The van der Waals surface area contributed by atoms with E-state index in [2.05, 4.69) is 35.2 Å². The summed E-state index contributed by atoms with van der Waals surface area (Å²) >= 11 is 0. The standard InChI is InChI=1S/C18H20N2O.ClH/c21-17-6-3-5-16(14-17)19-9-12-20(13-10-19)11-8-15-4-1-2-7-18(15)20;/h1-7,14H,8-13H2;1H. The van der Waals surface area contributed by atoms with E-state index in [1.165, 1.54) is 24.2 Å². The molecule has 1 fully saturated rings. The molecule has 0 amide bonds. The van der Waals surface area contributed by atoms with Gasteiger partial charge in [0.2, 0.25) is 0 Å². The van der Waals surface area contributed by atoms with E-state index in [-0.39, 0.29) is 12.4 Å². The fourth-order valence-corrected chi connectivity index (χ4v) is 3.90. The molecule has 116 valence electrons. The maximum absolute atomic E-state index is 9.65. The molecule has 4 heteroatoms. The monoisotopic (exact) mass is 316 g/mol. The second-order valence-electron chi connectivity index (χ2n) is 6.20. The highest BCUT2D eigenvalue weighted by Crippen LogP contribution is 2.36. The van der Waals surface area contributed by atoms with E-state index >= 15 is 0 Å². The van der Waals surface area contributed by atoms with Crippen molar-refractivity contribution >= 4 is 11.4 Å². The van der Waals surface area contributed by atoms with Gasteiger partial charge in [0.25, 0.3) is 0 Å². The van der Waals surface area contributed by atoms with Gasteiger partial charge in [0.05, 0.1) is 19.6 Å². The summed E-state index contributed by atoms with van der Waals surface area (Å²) in [7, 11) is 0. The molecule has 1 saturated heterocycles. The number of phenols is 1. The lowest BCUT2D eigenvalue weighted by molar-refractivity contribution is -0.00000522. The lowest BCUT2D eigenvalue weighted by Gasteiger charge is -2.43. The number of fused-ring (bicyclic) bond motifs is 2. The molecule has 0 aromatic heterocycles. The van der Waals surface area contributed by atoms with Crippen molar-refractivity contribution in [3.63, 3.8) is 0 Å². The quantitative estimate of drug-likeness (QED) is 0.735. The normalized spacial score (nSPS) is 18.8. The number of quaternary nitrogens is 1. The van der Waals surface area contributed by atoms with E-state index in [1.54, 1.807) is 6.07 Å². The summed E-state index contributed by atoms with van der Waals surface area (Å²) in [5.41, 5.74) is 4.21. The minimum Gasteiger partial charge on any atom is -1.00 e. The van der Waals surface area contributed by atoms with Crippen molar-refractivity contribution in [2.75, 3.05) is 37.6 Å². The Hall–Kier alpha value is -1.71. The Morgan fingerprint density at radius 3 is 2.45 bits per heavy atom. The summed E-state index contributed by atoms with van der Waals surface area (Å²) in [6.07, 6.45) is 1.21. The highest BCUT2D eigenvalue weighted by molar-refractivity contribution is 5.57.